The molecule has 5 rings (SSSR count). The predicted molar refractivity (Wildman–Crippen MR) is 152 cm³/mol. The average Bonchev–Trinajstić information content (AvgIpc) is 3.57. The monoisotopic (exact) mass is 541 g/mol. The van der Waals surface area contributed by atoms with Crippen LogP contribution in [0.4, 0.5) is 11.4 Å². The first kappa shape index (κ1) is 25.9. The molecule has 198 valence electrons. The van der Waals surface area contributed by atoms with Crippen molar-refractivity contribution >= 4 is 40.6 Å². The fraction of sp³-hybridized carbons (Fsp3) is 0.172. The second kappa shape index (κ2) is 11.0. The van der Waals surface area contributed by atoms with Crippen molar-refractivity contribution in [3.63, 3.8) is 0 Å². The number of thiocarbonyl (C=S) groups is 1. The van der Waals surface area contributed by atoms with Crippen molar-refractivity contribution in [2.24, 2.45) is 0 Å². The average molecular weight is 542 g/mol. The summed E-state index contributed by atoms with van der Waals surface area (Å²) in [7, 11) is 2.91. The highest BCUT2D eigenvalue weighted by Gasteiger charge is 2.42. The lowest BCUT2D eigenvalue weighted by Crippen LogP contribution is -2.30. The number of esters is 1. The molecule has 0 radical (unpaired) electrons. The number of amides is 1. The Balaban J connectivity index is 1.69. The fourth-order valence-corrected chi connectivity index (χ4v) is 5.23. The van der Waals surface area contributed by atoms with E-state index in [0.29, 0.717) is 27.8 Å². The van der Waals surface area contributed by atoms with Crippen molar-refractivity contribution in [2.45, 2.75) is 19.0 Å². The third-order valence-corrected chi connectivity index (χ3v) is 6.84. The number of hydrogen-bond acceptors (Lipinski definition) is 6. The van der Waals surface area contributed by atoms with Crippen LogP contribution in [0.25, 0.3) is 5.69 Å². The van der Waals surface area contributed by atoms with Gasteiger partial charge in [0.2, 0.25) is 5.91 Å². The number of aromatic nitrogens is 2. The second-order valence-electron chi connectivity index (χ2n) is 8.87. The Hall–Kier alpha value is -4.70. The summed E-state index contributed by atoms with van der Waals surface area (Å²) in [6, 6.07) is 21.8. The predicted octanol–water partition coefficient (Wildman–Crippen LogP) is 4.80. The maximum Gasteiger partial charge on any atom is 0.339 e. The van der Waals surface area contributed by atoms with Gasteiger partial charge in [0.1, 0.15) is 11.8 Å². The molecule has 4 aromatic rings. The van der Waals surface area contributed by atoms with Gasteiger partial charge in [-0.3, -0.25) is 9.78 Å². The number of nitrogens with zero attached hydrogens (tertiary/aromatic N) is 3. The molecule has 0 aliphatic carbocycles. The third kappa shape index (κ3) is 4.94. The summed E-state index contributed by atoms with van der Waals surface area (Å²) in [6.45, 7) is 1.44. The lowest BCUT2D eigenvalue weighted by molar-refractivity contribution is -0.114. The molecule has 0 saturated carbocycles. The maximum atomic E-state index is 12.6. The zero-order valence-electron chi connectivity index (χ0n) is 21.6. The molecule has 2 aromatic heterocycles. The number of rotatable bonds is 7. The summed E-state index contributed by atoms with van der Waals surface area (Å²) in [6.07, 6.45) is 3.65. The number of methoxy groups -OCH3 is 2. The van der Waals surface area contributed by atoms with Gasteiger partial charge in [-0.05, 0) is 66.8 Å². The first-order valence-electron chi connectivity index (χ1n) is 12.2. The Kier molecular flexibility index (Phi) is 7.29. The first-order valence-corrected chi connectivity index (χ1v) is 12.6. The molecule has 1 fully saturated rings. The highest BCUT2D eigenvalue weighted by atomic mass is 32.1. The van der Waals surface area contributed by atoms with E-state index in [0.717, 1.165) is 17.1 Å². The molecule has 2 N–H and O–H groups in total. The van der Waals surface area contributed by atoms with Gasteiger partial charge in [0.25, 0.3) is 0 Å². The van der Waals surface area contributed by atoms with E-state index >= 15 is 0 Å². The summed E-state index contributed by atoms with van der Waals surface area (Å²) < 4.78 is 12.5. The standard InChI is InChI=1S/C29H27N5O4S/c1-18(35)31-22-17-19(13-14-25(22)37-2)34-27(26(32-29(34)39)21-10-6-7-15-30-21)24-12-8-16-33(24)23-11-5-4-9-20(23)28(36)38-3/h4-17,26-27H,1-3H3,(H,31,35)(H,32,39)/t26-,27+/m0/s1. The van der Waals surface area contributed by atoms with E-state index in [-0.39, 0.29) is 18.0 Å². The number of nitrogens with one attached hydrogen (secondary N) is 2. The van der Waals surface area contributed by atoms with Crippen LogP contribution < -0.4 is 20.3 Å². The summed E-state index contributed by atoms with van der Waals surface area (Å²) in [4.78, 5) is 31.2. The summed E-state index contributed by atoms with van der Waals surface area (Å²) >= 11 is 5.87. The Morgan fingerprint density at radius 3 is 2.54 bits per heavy atom. The number of carbonyl (C=O) groups excluding carboxylic acids is 2. The molecule has 3 heterocycles. The van der Waals surface area contributed by atoms with Crippen LogP contribution in [-0.4, -0.2) is 40.8 Å². The van der Waals surface area contributed by atoms with Crippen LogP contribution in [0.1, 0.15) is 40.8 Å². The lowest BCUT2D eigenvalue weighted by Gasteiger charge is -2.29. The number of anilines is 2. The summed E-state index contributed by atoms with van der Waals surface area (Å²) in [5.41, 5.74) is 4.05. The quantitative estimate of drug-likeness (QED) is 0.254. The van der Waals surface area contributed by atoms with E-state index in [4.69, 9.17) is 21.7 Å². The molecule has 39 heavy (non-hydrogen) atoms. The van der Waals surface area contributed by atoms with Crippen LogP contribution in [-0.2, 0) is 9.53 Å². The molecule has 1 saturated heterocycles. The van der Waals surface area contributed by atoms with Gasteiger partial charge in [0.05, 0.1) is 42.9 Å². The zero-order valence-corrected chi connectivity index (χ0v) is 22.4. The van der Waals surface area contributed by atoms with E-state index in [1.807, 2.05) is 70.3 Å². The maximum absolute atomic E-state index is 12.6. The van der Waals surface area contributed by atoms with Crippen molar-refractivity contribution < 1.29 is 19.1 Å². The van der Waals surface area contributed by atoms with Gasteiger partial charge in [-0.2, -0.15) is 0 Å². The van der Waals surface area contributed by atoms with E-state index in [1.165, 1.54) is 14.0 Å². The van der Waals surface area contributed by atoms with Crippen molar-refractivity contribution in [1.29, 1.82) is 0 Å². The zero-order chi connectivity index (χ0) is 27.5. The van der Waals surface area contributed by atoms with Gasteiger partial charge >= 0.3 is 5.97 Å². The van der Waals surface area contributed by atoms with Crippen LogP contribution in [0.15, 0.2) is 85.2 Å². The fourth-order valence-electron chi connectivity index (χ4n) is 4.89. The normalized spacial score (nSPS) is 16.5. The second-order valence-corrected chi connectivity index (χ2v) is 9.26. The molecule has 1 aliphatic heterocycles. The van der Waals surface area contributed by atoms with Crippen LogP contribution in [0.2, 0.25) is 0 Å². The lowest BCUT2D eigenvalue weighted by atomic mass is 10.00. The Morgan fingerprint density at radius 1 is 1.03 bits per heavy atom. The summed E-state index contributed by atoms with van der Waals surface area (Å²) in [5.74, 6) is -0.123. The molecular formula is C29H27N5O4S. The number of hydrogen-bond donors (Lipinski definition) is 2. The molecule has 2 aromatic carbocycles. The Labute approximate surface area is 231 Å². The minimum atomic E-state index is -0.432. The van der Waals surface area contributed by atoms with Crippen LogP contribution >= 0.6 is 12.2 Å². The molecule has 1 aliphatic rings. The largest absolute Gasteiger partial charge is 0.495 e. The number of pyridine rings is 1. The molecule has 0 unspecified atom stereocenters. The van der Waals surface area contributed by atoms with Crippen molar-refractivity contribution in [2.75, 3.05) is 24.4 Å². The van der Waals surface area contributed by atoms with E-state index < -0.39 is 5.97 Å². The number of para-hydroxylation sites is 1. The Morgan fingerprint density at radius 2 is 1.82 bits per heavy atom. The SMILES string of the molecule is COC(=O)c1ccccc1-n1cccc1[C@@H]1[C@H](c2ccccn2)NC(=S)N1c1ccc(OC)c(NC(C)=O)c1. The number of ether oxygens (including phenoxy) is 2. The Bertz CT molecular complexity index is 1540. The number of benzene rings is 2. The molecular weight excluding hydrogens is 514 g/mol. The summed E-state index contributed by atoms with van der Waals surface area (Å²) in [5, 5.41) is 6.77. The molecule has 0 bridgehead atoms. The van der Waals surface area contributed by atoms with Gasteiger partial charge in [-0.15, -0.1) is 0 Å². The third-order valence-electron chi connectivity index (χ3n) is 6.52. The molecule has 9 nitrogen and oxygen atoms in total. The smallest absolute Gasteiger partial charge is 0.339 e. The molecule has 0 spiro atoms. The van der Waals surface area contributed by atoms with Crippen LogP contribution in [0.3, 0.4) is 0 Å². The van der Waals surface area contributed by atoms with Gasteiger partial charge < -0.3 is 29.6 Å². The highest BCUT2D eigenvalue weighted by molar-refractivity contribution is 7.80. The minimum absolute atomic E-state index is 0.219. The highest BCUT2D eigenvalue weighted by Crippen LogP contribution is 2.44. The van der Waals surface area contributed by atoms with Gasteiger partial charge in [-0.25, -0.2) is 4.79 Å². The van der Waals surface area contributed by atoms with Gasteiger partial charge in [0, 0.05) is 30.7 Å². The number of carbonyl (C=O) groups is 2. The van der Waals surface area contributed by atoms with Gasteiger partial charge in [-0.1, -0.05) is 18.2 Å². The van der Waals surface area contributed by atoms with Crippen molar-refractivity contribution in [3.05, 3.63) is 102 Å². The van der Waals surface area contributed by atoms with Crippen molar-refractivity contribution in [3.8, 4) is 11.4 Å². The minimum Gasteiger partial charge on any atom is -0.495 e. The van der Waals surface area contributed by atoms with E-state index in [1.54, 1.807) is 31.5 Å². The van der Waals surface area contributed by atoms with E-state index in [9.17, 15) is 9.59 Å². The molecule has 2 atom stereocenters. The van der Waals surface area contributed by atoms with Gasteiger partial charge in [0.15, 0.2) is 5.11 Å². The first-order chi connectivity index (χ1) is 18.9. The van der Waals surface area contributed by atoms with Crippen LogP contribution in [0.5, 0.6) is 5.75 Å². The topological polar surface area (TPSA) is 97.7 Å². The van der Waals surface area contributed by atoms with Crippen molar-refractivity contribution in [1.82, 2.24) is 14.9 Å². The molecule has 1 amide bonds. The molecule has 10 heteroatoms. The van der Waals surface area contributed by atoms with E-state index in [2.05, 4.69) is 15.6 Å². The van der Waals surface area contributed by atoms with Crippen LogP contribution in [0, 0.1) is 0 Å².